The Balaban J connectivity index is 2.58. The summed E-state index contributed by atoms with van der Waals surface area (Å²) in [5.74, 6) is 0.700. The summed E-state index contributed by atoms with van der Waals surface area (Å²) in [7, 11) is 0. The van der Waals surface area contributed by atoms with Crippen molar-refractivity contribution < 1.29 is 14.9 Å². The molecular weight excluding hydrogens is 180 g/mol. The second-order valence-corrected chi connectivity index (χ2v) is 3.33. The summed E-state index contributed by atoms with van der Waals surface area (Å²) in [5.41, 5.74) is 2.00. The van der Waals surface area contributed by atoms with E-state index in [9.17, 15) is 0 Å². The van der Waals surface area contributed by atoms with Crippen LogP contribution in [0.3, 0.4) is 0 Å². The van der Waals surface area contributed by atoms with Gasteiger partial charge in [-0.3, -0.25) is 0 Å². The summed E-state index contributed by atoms with van der Waals surface area (Å²) in [6, 6.07) is 6.81. The van der Waals surface area contributed by atoms with Crippen molar-refractivity contribution in [2.75, 3.05) is 13.2 Å². The first-order valence-corrected chi connectivity index (χ1v) is 4.54. The molecule has 0 saturated carbocycles. The number of hydrogen-bond donors (Lipinski definition) is 2. The van der Waals surface area contributed by atoms with Crippen LogP contribution in [0.1, 0.15) is 11.1 Å². The third-order valence-corrected chi connectivity index (χ3v) is 1.77. The number of aryl methyl sites for hydroxylation is 2. The van der Waals surface area contributed by atoms with Gasteiger partial charge < -0.3 is 14.9 Å². The van der Waals surface area contributed by atoms with Gasteiger partial charge in [-0.15, -0.1) is 0 Å². The van der Waals surface area contributed by atoms with E-state index in [2.05, 4.69) is 6.07 Å². The maximum Gasteiger partial charge on any atom is 0.120 e. The Labute approximate surface area is 84.0 Å². The predicted molar refractivity (Wildman–Crippen MR) is 53.3 cm³/mol. The van der Waals surface area contributed by atoms with Gasteiger partial charge >= 0.3 is 0 Å². The second kappa shape index (κ2) is 4.98. The molecule has 0 heterocycles. The molecule has 1 aromatic rings. The first-order valence-electron chi connectivity index (χ1n) is 4.54. The van der Waals surface area contributed by atoms with Crippen LogP contribution in [0, 0.1) is 19.9 Å². The van der Waals surface area contributed by atoms with Crippen LogP contribution in [0.5, 0.6) is 5.75 Å². The summed E-state index contributed by atoms with van der Waals surface area (Å²) in [6.45, 7) is 3.70. The van der Waals surface area contributed by atoms with Crippen LogP contribution in [0.2, 0.25) is 0 Å². The summed E-state index contributed by atoms with van der Waals surface area (Å²) >= 11 is 0. The van der Waals surface area contributed by atoms with Gasteiger partial charge in [0.25, 0.3) is 0 Å². The Morgan fingerprint density at radius 1 is 1.36 bits per heavy atom. The molecule has 0 aliphatic rings. The maximum atomic E-state index is 9.08. The third kappa shape index (κ3) is 3.36. The second-order valence-electron chi connectivity index (χ2n) is 3.33. The minimum atomic E-state index is -0.820. The monoisotopic (exact) mass is 195 g/mol. The third-order valence-electron chi connectivity index (χ3n) is 1.77. The van der Waals surface area contributed by atoms with Gasteiger partial charge in [0.2, 0.25) is 0 Å². The van der Waals surface area contributed by atoms with Gasteiger partial charge in [-0.2, -0.15) is 0 Å². The van der Waals surface area contributed by atoms with E-state index in [0.717, 1.165) is 11.1 Å². The molecule has 2 N–H and O–H groups in total. The molecule has 0 aliphatic carbocycles. The van der Waals surface area contributed by atoms with Crippen molar-refractivity contribution in [3.63, 3.8) is 0 Å². The predicted octanol–water partition coefficient (Wildman–Crippen LogP) is 0.836. The number of benzene rings is 1. The van der Waals surface area contributed by atoms with Crippen LogP contribution in [-0.4, -0.2) is 29.5 Å². The first-order chi connectivity index (χ1) is 6.61. The van der Waals surface area contributed by atoms with Crippen molar-refractivity contribution in [1.82, 2.24) is 0 Å². The van der Waals surface area contributed by atoms with E-state index in [-0.39, 0.29) is 13.2 Å². The largest absolute Gasteiger partial charge is 0.491 e. The van der Waals surface area contributed by atoms with Crippen LogP contribution in [0.4, 0.5) is 0 Å². The van der Waals surface area contributed by atoms with Crippen molar-refractivity contribution in [2.24, 2.45) is 0 Å². The number of hydrogen-bond acceptors (Lipinski definition) is 3. The van der Waals surface area contributed by atoms with Crippen LogP contribution in [0.25, 0.3) is 0 Å². The van der Waals surface area contributed by atoms with Gasteiger partial charge in [0, 0.05) is 0 Å². The van der Waals surface area contributed by atoms with Gasteiger partial charge in [-0.1, -0.05) is 0 Å². The fraction of sp³-hybridized carbons (Fsp3) is 0.455. The first kappa shape index (κ1) is 11.0. The van der Waals surface area contributed by atoms with Gasteiger partial charge in [0.1, 0.15) is 18.5 Å². The van der Waals surface area contributed by atoms with Gasteiger partial charge in [-0.05, 0) is 43.2 Å². The smallest absolute Gasteiger partial charge is 0.120 e. The van der Waals surface area contributed by atoms with Crippen LogP contribution >= 0.6 is 0 Å². The quantitative estimate of drug-likeness (QED) is 0.748. The lowest BCUT2D eigenvalue weighted by Gasteiger charge is -2.10. The zero-order chi connectivity index (χ0) is 10.6. The van der Waals surface area contributed by atoms with Crippen molar-refractivity contribution in [2.45, 2.75) is 20.0 Å². The van der Waals surface area contributed by atoms with Gasteiger partial charge in [-0.25, -0.2) is 0 Å². The van der Waals surface area contributed by atoms with E-state index < -0.39 is 6.10 Å². The minimum absolute atomic E-state index is 0.111. The Bertz CT molecular complexity index is 276. The van der Waals surface area contributed by atoms with E-state index >= 15 is 0 Å². The lowest BCUT2D eigenvalue weighted by molar-refractivity contribution is 0.0536. The number of aliphatic hydroxyl groups excluding tert-OH is 2. The zero-order valence-electron chi connectivity index (χ0n) is 8.45. The van der Waals surface area contributed by atoms with E-state index in [1.54, 1.807) is 0 Å². The highest BCUT2D eigenvalue weighted by Crippen LogP contribution is 2.15. The molecule has 1 unspecified atom stereocenters. The summed E-state index contributed by atoms with van der Waals surface area (Å²) in [4.78, 5) is 0. The molecule has 3 heteroatoms. The molecule has 3 nitrogen and oxygen atoms in total. The van der Waals surface area contributed by atoms with E-state index in [1.807, 2.05) is 26.0 Å². The standard InChI is InChI=1S/C11H15O3/c1-8-3-9(2)5-11(4-8)14-7-10(13)6-12/h4-5,10,12-13H,6-7H2,1-2H3. The summed E-state index contributed by atoms with van der Waals surface area (Å²) in [6.07, 6.45) is -0.820. The summed E-state index contributed by atoms with van der Waals surface area (Å²) in [5, 5.41) is 17.7. The van der Waals surface area contributed by atoms with E-state index in [4.69, 9.17) is 14.9 Å². The van der Waals surface area contributed by atoms with Gasteiger partial charge in [0.15, 0.2) is 0 Å². The van der Waals surface area contributed by atoms with Gasteiger partial charge in [0.05, 0.1) is 6.61 Å². The van der Waals surface area contributed by atoms with Crippen molar-refractivity contribution >= 4 is 0 Å². The highest BCUT2D eigenvalue weighted by atomic mass is 16.5. The van der Waals surface area contributed by atoms with Crippen molar-refractivity contribution in [3.05, 3.63) is 29.3 Å². The molecule has 0 saturated heterocycles. The Morgan fingerprint density at radius 3 is 2.43 bits per heavy atom. The topological polar surface area (TPSA) is 49.7 Å². The normalized spacial score (nSPS) is 12.6. The van der Waals surface area contributed by atoms with Crippen LogP contribution < -0.4 is 4.74 Å². The SMILES string of the molecule is Cc1[c]c(C)cc(OCC(O)CO)c1. The molecule has 0 aromatic heterocycles. The van der Waals surface area contributed by atoms with E-state index in [0.29, 0.717) is 5.75 Å². The summed E-state index contributed by atoms with van der Waals surface area (Å²) < 4.78 is 5.29. The molecule has 14 heavy (non-hydrogen) atoms. The highest BCUT2D eigenvalue weighted by Gasteiger charge is 2.03. The molecule has 1 aromatic carbocycles. The highest BCUT2D eigenvalue weighted by molar-refractivity contribution is 5.31. The molecule has 1 atom stereocenters. The van der Waals surface area contributed by atoms with Crippen molar-refractivity contribution in [3.8, 4) is 5.75 Å². The average Bonchev–Trinajstić information content (AvgIpc) is 2.12. The maximum absolute atomic E-state index is 9.08. The molecule has 0 aliphatic heterocycles. The van der Waals surface area contributed by atoms with Crippen LogP contribution in [-0.2, 0) is 0 Å². The number of aliphatic hydroxyl groups is 2. The Morgan fingerprint density at radius 2 is 1.93 bits per heavy atom. The molecule has 0 spiro atoms. The number of ether oxygens (including phenoxy) is 1. The molecular formula is C11H15O3. The van der Waals surface area contributed by atoms with Crippen molar-refractivity contribution in [1.29, 1.82) is 0 Å². The molecule has 0 bridgehead atoms. The molecule has 1 radical (unpaired) electrons. The zero-order valence-corrected chi connectivity index (χ0v) is 8.45. The molecule has 1 rings (SSSR count). The molecule has 0 fully saturated rings. The number of rotatable bonds is 4. The lowest BCUT2D eigenvalue weighted by atomic mass is 10.1. The lowest BCUT2D eigenvalue weighted by Crippen LogP contribution is -2.21. The fourth-order valence-electron chi connectivity index (χ4n) is 1.18. The van der Waals surface area contributed by atoms with E-state index in [1.165, 1.54) is 0 Å². The molecule has 0 amide bonds. The average molecular weight is 195 g/mol. The Hall–Kier alpha value is -1.06. The fourth-order valence-corrected chi connectivity index (χ4v) is 1.18. The van der Waals surface area contributed by atoms with Crippen LogP contribution in [0.15, 0.2) is 12.1 Å². The minimum Gasteiger partial charge on any atom is -0.491 e. The molecule has 77 valence electrons. The Kier molecular flexibility index (Phi) is 3.92.